The van der Waals surface area contributed by atoms with Gasteiger partial charge >= 0.3 is 0 Å². The van der Waals surface area contributed by atoms with Gasteiger partial charge in [0.15, 0.2) is 11.5 Å². The normalized spacial score (nSPS) is 18.3. The lowest BCUT2D eigenvalue weighted by molar-refractivity contribution is -0.135. The molecule has 0 N–H and O–H groups in total. The van der Waals surface area contributed by atoms with Crippen LogP contribution < -0.4 is 9.47 Å². The van der Waals surface area contributed by atoms with Crippen molar-refractivity contribution in [3.8, 4) is 11.5 Å². The number of halogens is 1. The van der Waals surface area contributed by atoms with Crippen molar-refractivity contribution in [1.29, 1.82) is 0 Å². The highest BCUT2D eigenvalue weighted by Crippen LogP contribution is 2.36. The summed E-state index contributed by atoms with van der Waals surface area (Å²) in [5.41, 5.74) is 1.56. The topological polar surface area (TPSA) is 60.4 Å². The molecule has 1 amide bonds. The highest BCUT2D eigenvalue weighted by Gasteiger charge is 2.33. The van der Waals surface area contributed by atoms with Gasteiger partial charge in [-0.15, -0.1) is 5.10 Å². The molecule has 4 rings (SSSR count). The molecule has 24 heavy (non-hydrogen) atoms. The molecule has 0 unspecified atom stereocenters. The standard InChI is InChI=1S/C17H13BrN2O4/c1-10(21)20-17(12-3-2-4-13(18)7-12)24-16(19-20)11-5-6-14-15(8-11)23-9-22-14/h2-8,17H,9H2,1H3/t17-/m1/s1. The molecule has 2 aromatic rings. The van der Waals surface area contributed by atoms with Crippen molar-refractivity contribution in [1.82, 2.24) is 5.01 Å². The molecule has 0 radical (unpaired) electrons. The number of hydrogen-bond donors (Lipinski definition) is 0. The van der Waals surface area contributed by atoms with Crippen LogP contribution >= 0.6 is 15.9 Å². The minimum atomic E-state index is -0.597. The van der Waals surface area contributed by atoms with Crippen molar-refractivity contribution >= 4 is 27.7 Å². The first-order valence-electron chi connectivity index (χ1n) is 7.32. The number of benzene rings is 2. The summed E-state index contributed by atoms with van der Waals surface area (Å²) < 4.78 is 17.6. The number of rotatable bonds is 2. The van der Waals surface area contributed by atoms with Crippen LogP contribution in [-0.4, -0.2) is 23.6 Å². The molecule has 122 valence electrons. The zero-order valence-corrected chi connectivity index (χ0v) is 14.3. The SMILES string of the molecule is CC(=O)N1N=C(c2ccc3c(c2)OCO3)O[C@@H]1c1cccc(Br)c1. The van der Waals surface area contributed by atoms with Crippen molar-refractivity contribution in [3.63, 3.8) is 0 Å². The molecular formula is C17H13BrN2O4. The summed E-state index contributed by atoms with van der Waals surface area (Å²) in [4.78, 5) is 12.0. The summed E-state index contributed by atoms with van der Waals surface area (Å²) in [6, 6.07) is 13.0. The fourth-order valence-corrected chi connectivity index (χ4v) is 3.01. The molecule has 0 fully saturated rings. The van der Waals surface area contributed by atoms with Crippen LogP contribution in [0.5, 0.6) is 11.5 Å². The minimum absolute atomic E-state index is 0.198. The van der Waals surface area contributed by atoms with E-state index in [0.29, 0.717) is 17.4 Å². The molecule has 7 heteroatoms. The van der Waals surface area contributed by atoms with Gasteiger partial charge in [0.05, 0.1) is 0 Å². The Labute approximate surface area is 146 Å². The molecule has 0 aromatic heterocycles. The second kappa shape index (κ2) is 5.83. The van der Waals surface area contributed by atoms with Crippen molar-refractivity contribution in [2.45, 2.75) is 13.2 Å². The van der Waals surface area contributed by atoms with Gasteiger partial charge in [-0.25, -0.2) is 0 Å². The molecule has 0 saturated heterocycles. The van der Waals surface area contributed by atoms with E-state index in [1.165, 1.54) is 11.9 Å². The fourth-order valence-electron chi connectivity index (χ4n) is 2.59. The van der Waals surface area contributed by atoms with Crippen LogP contribution in [0.4, 0.5) is 0 Å². The molecule has 2 heterocycles. The van der Waals surface area contributed by atoms with Gasteiger partial charge in [0, 0.05) is 22.5 Å². The number of hydrogen-bond acceptors (Lipinski definition) is 5. The van der Waals surface area contributed by atoms with Gasteiger partial charge in [0.2, 0.25) is 24.8 Å². The third-order valence-corrected chi connectivity index (χ3v) is 4.21. The van der Waals surface area contributed by atoms with Gasteiger partial charge in [-0.3, -0.25) is 4.79 Å². The Bertz CT molecular complexity index is 852. The first kappa shape index (κ1) is 15.0. The Hall–Kier alpha value is -2.54. The molecule has 0 spiro atoms. The van der Waals surface area contributed by atoms with Crippen LogP contribution in [0.3, 0.4) is 0 Å². The van der Waals surface area contributed by atoms with Crippen LogP contribution in [0.25, 0.3) is 0 Å². The van der Waals surface area contributed by atoms with E-state index in [1.54, 1.807) is 12.1 Å². The van der Waals surface area contributed by atoms with E-state index < -0.39 is 6.23 Å². The molecule has 0 aliphatic carbocycles. The predicted molar refractivity (Wildman–Crippen MR) is 89.6 cm³/mol. The van der Waals surface area contributed by atoms with Crippen molar-refractivity contribution in [2.24, 2.45) is 5.10 Å². The summed E-state index contributed by atoms with van der Waals surface area (Å²) >= 11 is 3.43. The van der Waals surface area contributed by atoms with Gasteiger partial charge in [0.1, 0.15) is 0 Å². The number of fused-ring (bicyclic) bond motifs is 1. The maximum absolute atomic E-state index is 12.0. The van der Waals surface area contributed by atoms with Crippen LogP contribution in [-0.2, 0) is 9.53 Å². The van der Waals surface area contributed by atoms with Crippen LogP contribution in [0.15, 0.2) is 52.0 Å². The summed E-state index contributed by atoms with van der Waals surface area (Å²) in [6.07, 6.45) is -0.597. The van der Waals surface area contributed by atoms with E-state index in [9.17, 15) is 4.79 Å². The lowest BCUT2D eigenvalue weighted by Crippen LogP contribution is -2.25. The molecule has 2 aromatic carbocycles. The summed E-state index contributed by atoms with van der Waals surface area (Å²) in [7, 11) is 0. The van der Waals surface area contributed by atoms with E-state index in [0.717, 1.165) is 15.6 Å². The second-order valence-electron chi connectivity index (χ2n) is 5.36. The predicted octanol–water partition coefficient (Wildman–Crippen LogP) is 3.42. The maximum Gasteiger partial charge on any atom is 0.243 e. The number of hydrazone groups is 1. The zero-order valence-electron chi connectivity index (χ0n) is 12.7. The average molecular weight is 389 g/mol. The molecule has 0 saturated carbocycles. The molecule has 2 aliphatic heterocycles. The highest BCUT2D eigenvalue weighted by atomic mass is 79.9. The van der Waals surface area contributed by atoms with Gasteiger partial charge < -0.3 is 14.2 Å². The van der Waals surface area contributed by atoms with Crippen molar-refractivity contribution < 1.29 is 19.0 Å². The van der Waals surface area contributed by atoms with E-state index >= 15 is 0 Å². The van der Waals surface area contributed by atoms with Crippen LogP contribution in [0, 0.1) is 0 Å². The maximum atomic E-state index is 12.0. The van der Waals surface area contributed by atoms with Crippen LogP contribution in [0.1, 0.15) is 24.3 Å². The Balaban J connectivity index is 1.68. The minimum Gasteiger partial charge on any atom is -0.454 e. The lowest BCUT2D eigenvalue weighted by Gasteiger charge is -2.19. The van der Waals surface area contributed by atoms with Gasteiger partial charge in [0.25, 0.3) is 0 Å². The third-order valence-electron chi connectivity index (χ3n) is 3.72. The highest BCUT2D eigenvalue weighted by molar-refractivity contribution is 9.10. The average Bonchev–Trinajstić information content (AvgIpc) is 3.21. The van der Waals surface area contributed by atoms with E-state index in [1.807, 2.05) is 30.3 Å². The Morgan fingerprint density at radius 2 is 2.04 bits per heavy atom. The number of carbonyl (C=O) groups is 1. The Kier molecular flexibility index (Phi) is 3.65. The molecular weight excluding hydrogens is 376 g/mol. The van der Waals surface area contributed by atoms with Crippen LogP contribution in [0.2, 0.25) is 0 Å². The van der Waals surface area contributed by atoms with Crippen molar-refractivity contribution in [2.75, 3.05) is 6.79 Å². The summed E-state index contributed by atoms with van der Waals surface area (Å²) in [5.74, 6) is 1.49. The van der Waals surface area contributed by atoms with E-state index in [4.69, 9.17) is 14.2 Å². The summed E-state index contributed by atoms with van der Waals surface area (Å²) in [6.45, 7) is 1.66. The first-order chi connectivity index (χ1) is 11.6. The lowest BCUT2D eigenvalue weighted by atomic mass is 10.2. The number of ether oxygens (including phenoxy) is 3. The van der Waals surface area contributed by atoms with Gasteiger partial charge in [-0.1, -0.05) is 28.1 Å². The fraction of sp³-hybridized carbons (Fsp3) is 0.176. The molecule has 2 aliphatic rings. The second-order valence-corrected chi connectivity index (χ2v) is 6.28. The van der Waals surface area contributed by atoms with Crippen molar-refractivity contribution in [3.05, 3.63) is 58.1 Å². The van der Waals surface area contributed by atoms with E-state index in [-0.39, 0.29) is 12.7 Å². The molecule has 1 atom stereocenters. The first-order valence-corrected chi connectivity index (χ1v) is 8.12. The smallest absolute Gasteiger partial charge is 0.243 e. The number of carbonyl (C=O) groups excluding carboxylic acids is 1. The molecule has 0 bridgehead atoms. The largest absolute Gasteiger partial charge is 0.454 e. The van der Waals surface area contributed by atoms with Gasteiger partial charge in [-0.05, 0) is 30.3 Å². The third kappa shape index (κ3) is 2.60. The summed E-state index contributed by atoms with van der Waals surface area (Å²) in [5, 5.41) is 5.67. The monoisotopic (exact) mass is 388 g/mol. The van der Waals surface area contributed by atoms with Gasteiger partial charge in [-0.2, -0.15) is 5.01 Å². The zero-order chi connectivity index (χ0) is 16.7. The Morgan fingerprint density at radius 3 is 2.83 bits per heavy atom. The Morgan fingerprint density at radius 1 is 1.21 bits per heavy atom. The number of nitrogens with zero attached hydrogens (tertiary/aromatic N) is 2. The van der Waals surface area contributed by atoms with E-state index in [2.05, 4.69) is 21.0 Å². The number of amides is 1. The molecule has 6 nitrogen and oxygen atoms in total. The quantitative estimate of drug-likeness (QED) is 0.790.